The predicted molar refractivity (Wildman–Crippen MR) is 96.5 cm³/mol. The first kappa shape index (κ1) is 15.1. The molecule has 2 aliphatic heterocycles. The lowest BCUT2D eigenvalue weighted by Crippen LogP contribution is -2.35. The highest BCUT2D eigenvalue weighted by Gasteiger charge is 2.78. The molecule has 1 aliphatic carbocycles. The molecule has 1 aromatic heterocycles. The molecular formula is C20H25N4O+. The summed E-state index contributed by atoms with van der Waals surface area (Å²) in [5.41, 5.74) is 5.31. The van der Waals surface area contributed by atoms with Gasteiger partial charge in [-0.05, 0) is 32.4 Å². The van der Waals surface area contributed by atoms with E-state index in [1.54, 1.807) is 10.9 Å². The van der Waals surface area contributed by atoms with Crippen LogP contribution >= 0.6 is 0 Å². The van der Waals surface area contributed by atoms with Crippen LogP contribution in [-0.4, -0.2) is 38.8 Å². The normalized spacial score (nSPS) is 31.2. The summed E-state index contributed by atoms with van der Waals surface area (Å²) < 4.78 is 2.97. The minimum absolute atomic E-state index is 0.0535. The van der Waals surface area contributed by atoms with Gasteiger partial charge in [-0.2, -0.15) is 5.10 Å². The average Bonchev–Trinajstić information content (AvgIpc) is 2.77. The molecule has 5 rings (SSSR count). The lowest BCUT2D eigenvalue weighted by atomic mass is 9.96. The first-order valence-corrected chi connectivity index (χ1v) is 9.26. The number of anilines is 1. The maximum atomic E-state index is 12.7. The van der Waals surface area contributed by atoms with Crippen LogP contribution in [0.25, 0.3) is 0 Å². The zero-order valence-corrected chi connectivity index (χ0v) is 15.3. The summed E-state index contributed by atoms with van der Waals surface area (Å²) in [5.74, 6) is 0.552. The summed E-state index contributed by atoms with van der Waals surface area (Å²) >= 11 is 0. The smallest absolute Gasteiger partial charge is 0.259 e. The van der Waals surface area contributed by atoms with Gasteiger partial charge >= 0.3 is 0 Å². The molecule has 25 heavy (non-hydrogen) atoms. The summed E-state index contributed by atoms with van der Waals surface area (Å²) in [6.45, 7) is 7.88. The molecule has 1 aromatic carbocycles. The number of nitrogens with zero attached hydrogens (tertiary/aromatic N) is 3. The van der Waals surface area contributed by atoms with Gasteiger partial charge in [0.15, 0.2) is 12.1 Å². The Kier molecular flexibility index (Phi) is 2.86. The molecule has 2 fully saturated rings. The second kappa shape index (κ2) is 4.73. The number of aryl methyl sites for hydroxylation is 2. The summed E-state index contributed by atoms with van der Waals surface area (Å²) in [6, 6.07) is 8.53. The third-order valence-electron chi connectivity index (χ3n) is 6.84. The highest BCUT2D eigenvalue weighted by Crippen LogP contribution is 2.71. The molecule has 1 N–H and O–H groups in total. The SMILES string of the molecule is Cc1nn(C)cc1C(=O)Nc1cccc2c1C1CC[N+]3(C(C)C)C2C13. The van der Waals surface area contributed by atoms with Crippen molar-refractivity contribution in [2.45, 2.75) is 51.2 Å². The monoisotopic (exact) mass is 337 g/mol. The van der Waals surface area contributed by atoms with E-state index in [0.29, 0.717) is 23.6 Å². The van der Waals surface area contributed by atoms with E-state index in [2.05, 4.69) is 42.5 Å². The molecule has 0 bridgehead atoms. The Morgan fingerprint density at radius 3 is 2.88 bits per heavy atom. The van der Waals surface area contributed by atoms with Crippen LogP contribution in [0.5, 0.6) is 0 Å². The number of piperidine rings is 1. The quantitative estimate of drug-likeness (QED) is 0.691. The molecule has 5 nitrogen and oxygen atoms in total. The van der Waals surface area contributed by atoms with Gasteiger partial charge in [0.25, 0.3) is 5.91 Å². The van der Waals surface area contributed by atoms with Gasteiger partial charge in [-0.15, -0.1) is 0 Å². The fourth-order valence-electron chi connectivity index (χ4n) is 5.86. The number of rotatable bonds is 3. The maximum absolute atomic E-state index is 12.7. The second-order valence-electron chi connectivity index (χ2n) is 8.21. The van der Waals surface area contributed by atoms with Crippen molar-refractivity contribution in [1.29, 1.82) is 0 Å². The number of hydrogen-bond acceptors (Lipinski definition) is 2. The largest absolute Gasteiger partial charge is 0.322 e. The topological polar surface area (TPSA) is 46.9 Å². The number of nitrogens with one attached hydrogen (secondary N) is 1. The van der Waals surface area contributed by atoms with Crippen LogP contribution in [0.4, 0.5) is 5.69 Å². The van der Waals surface area contributed by atoms with E-state index in [1.165, 1.54) is 28.6 Å². The van der Waals surface area contributed by atoms with Crippen LogP contribution in [0.3, 0.4) is 0 Å². The van der Waals surface area contributed by atoms with Crippen LogP contribution in [0.15, 0.2) is 24.4 Å². The van der Waals surface area contributed by atoms with Gasteiger partial charge in [0, 0.05) is 30.9 Å². The molecule has 0 radical (unpaired) electrons. The molecule has 0 saturated carbocycles. The van der Waals surface area contributed by atoms with Gasteiger partial charge in [0.2, 0.25) is 0 Å². The molecule has 130 valence electrons. The number of carbonyl (C=O) groups excluding carboxylic acids is 1. The lowest BCUT2D eigenvalue weighted by molar-refractivity contribution is -0.843. The van der Waals surface area contributed by atoms with Crippen molar-refractivity contribution in [3.8, 4) is 0 Å². The molecule has 4 unspecified atom stereocenters. The van der Waals surface area contributed by atoms with E-state index >= 15 is 0 Å². The summed E-state index contributed by atoms with van der Waals surface area (Å²) in [5, 5.41) is 7.46. The summed E-state index contributed by atoms with van der Waals surface area (Å²) in [6.07, 6.45) is 3.03. The fourth-order valence-corrected chi connectivity index (χ4v) is 5.86. The van der Waals surface area contributed by atoms with E-state index < -0.39 is 0 Å². The van der Waals surface area contributed by atoms with Gasteiger partial charge in [-0.3, -0.25) is 9.48 Å². The molecule has 3 aliphatic rings. The van der Waals surface area contributed by atoms with Gasteiger partial charge in [-0.1, -0.05) is 12.1 Å². The van der Waals surface area contributed by atoms with Crippen LogP contribution < -0.4 is 5.32 Å². The van der Waals surface area contributed by atoms with Crippen LogP contribution in [0, 0.1) is 6.92 Å². The van der Waals surface area contributed by atoms with Crippen molar-refractivity contribution in [3.63, 3.8) is 0 Å². The number of hydrogen-bond donors (Lipinski definition) is 1. The lowest BCUT2D eigenvalue weighted by Gasteiger charge is -2.25. The Bertz CT molecular complexity index is 899. The van der Waals surface area contributed by atoms with E-state index in [4.69, 9.17) is 0 Å². The molecule has 4 atom stereocenters. The van der Waals surface area contributed by atoms with Gasteiger partial charge in [0.05, 0.1) is 29.8 Å². The minimum atomic E-state index is -0.0535. The Labute approximate surface area is 148 Å². The average molecular weight is 337 g/mol. The molecule has 1 amide bonds. The van der Waals surface area contributed by atoms with E-state index in [0.717, 1.165) is 17.4 Å². The highest BCUT2D eigenvalue weighted by atomic mass is 16.1. The minimum Gasteiger partial charge on any atom is -0.322 e. The van der Waals surface area contributed by atoms with Crippen molar-refractivity contribution < 1.29 is 9.28 Å². The van der Waals surface area contributed by atoms with Crippen molar-refractivity contribution in [1.82, 2.24) is 9.78 Å². The Morgan fingerprint density at radius 2 is 2.20 bits per heavy atom. The molecule has 0 spiro atoms. The Balaban J connectivity index is 1.50. The van der Waals surface area contributed by atoms with Crippen molar-refractivity contribution in [2.75, 3.05) is 11.9 Å². The molecule has 5 heteroatoms. The molecular weight excluding hydrogens is 312 g/mol. The molecule has 2 saturated heterocycles. The second-order valence-corrected chi connectivity index (χ2v) is 8.21. The molecule has 2 aromatic rings. The summed E-state index contributed by atoms with van der Waals surface area (Å²) in [4.78, 5) is 12.7. The van der Waals surface area contributed by atoms with Crippen LogP contribution in [0.2, 0.25) is 0 Å². The van der Waals surface area contributed by atoms with Gasteiger partial charge in [-0.25, -0.2) is 0 Å². The number of quaternary nitrogens is 1. The fraction of sp³-hybridized carbons (Fsp3) is 0.500. The highest BCUT2D eigenvalue weighted by molar-refractivity contribution is 6.05. The number of amides is 1. The third kappa shape index (κ3) is 1.77. The maximum Gasteiger partial charge on any atom is 0.259 e. The standard InChI is InChI=1S/C20H24N4O/c1-11(2)24-9-8-14-17-13(18(24)19(14)24)6-5-7-16(17)21-20(25)15-10-23(4)22-12(15)3/h5-7,10-11,14,18-19H,8-9H2,1-4H3/p+1. The Hall–Kier alpha value is -2.14. The number of carbonyl (C=O) groups is 1. The number of fused-ring (bicyclic) bond motifs is 4. The van der Waals surface area contributed by atoms with Crippen LogP contribution in [0.1, 0.15) is 59.4 Å². The van der Waals surface area contributed by atoms with Gasteiger partial charge < -0.3 is 9.80 Å². The number of aromatic nitrogens is 2. The predicted octanol–water partition coefficient (Wildman–Crippen LogP) is 3.13. The third-order valence-corrected chi connectivity index (χ3v) is 6.84. The van der Waals surface area contributed by atoms with E-state index in [9.17, 15) is 4.79 Å². The van der Waals surface area contributed by atoms with Gasteiger partial charge in [0.1, 0.15) is 0 Å². The number of benzene rings is 1. The van der Waals surface area contributed by atoms with E-state index in [-0.39, 0.29) is 5.91 Å². The van der Waals surface area contributed by atoms with Crippen molar-refractivity contribution in [3.05, 3.63) is 46.8 Å². The zero-order valence-electron chi connectivity index (χ0n) is 15.3. The zero-order chi connectivity index (χ0) is 17.5. The van der Waals surface area contributed by atoms with Crippen LogP contribution in [-0.2, 0) is 7.05 Å². The first-order chi connectivity index (χ1) is 11.9. The first-order valence-electron chi connectivity index (χ1n) is 9.26. The molecule has 3 heterocycles. The van der Waals surface area contributed by atoms with E-state index in [1.807, 2.05) is 14.0 Å². The van der Waals surface area contributed by atoms with Crippen molar-refractivity contribution >= 4 is 11.6 Å². The summed E-state index contributed by atoms with van der Waals surface area (Å²) in [7, 11) is 1.85. The van der Waals surface area contributed by atoms with Crippen molar-refractivity contribution in [2.24, 2.45) is 7.05 Å². The Morgan fingerprint density at radius 1 is 1.40 bits per heavy atom.